The van der Waals surface area contributed by atoms with Crippen LogP contribution < -0.4 is 0 Å². The zero-order chi connectivity index (χ0) is 11.4. The number of aliphatic hydroxyl groups excluding tert-OH is 1. The van der Waals surface area contributed by atoms with Crippen LogP contribution >= 0.6 is 11.3 Å². The molecule has 0 unspecified atom stereocenters. The SMILES string of the molecule is Cc1ccc(C=C(CO)C2CCCCC2)s1. The third-order valence-electron chi connectivity index (χ3n) is 3.40. The Bertz CT molecular complexity index is 359. The van der Waals surface area contributed by atoms with Gasteiger partial charge in [-0.2, -0.15) is 0 Å². The Morgan fingerprint density at radius 1 is 1.38 bits per heavy atom. The molecule has 1 aliphatic rings. The van der Waals surface area contributed by atoms with Crippen LogP contribution in [0.2, 0.25) is 0 Å². The molecule has 0 amide bonds. The summed E-state index contributed by atoms with van der Waals surface area (Å²) in [5.41, 5.74) is 1.24. The van der Waals surface area contributed by atoms with Crippen LogP contribution in [0, 0.1) is 12.8 Å². The molecule has 2 rings (SSSR count). The van der Waals surface area contributed by atoms with Gasteiger partial charge >= 0.3 is 0 Å². The highest BCUT2D eigenvalue weighted by Crippen LogP contribution is 2.31. The van der Waals surface area contributed by atoms with Gasteiger partial charge in [0.2, 0.25) is 0 Å². The summed E-state index contributed by atoms with van der Waals surface area (Å²) in [5, 5.41) is 9.48. The lowest BCUT2D eigenvalue weighted by Crippen LogP contribution is -2.11. The smallest absolute Gasteiger partial charge is 0.0648 e. The van der Waals surface area contributed by atoms with Gasteiger partial charge in [0.25, 0.3) is 0 Å². The monoisotopic (exact) mass is 236 g/mol. The summed E-state index contributed by atoms with van der Waals surface area (Å²) in [6.07, 6.45) is 8.74. The van der Waals surface area contributed by atoms with E-state index in [1.54, 1.807) is 0 Å². The standard InChI is InChI=1S/C14H20OS/c1-11-7-8-14(16-11)9-13(10-15)12-5-3-2-4-6-12/h7-9,12,15H,2-6,10H2,1H3. The number of thiophene rings is 1. The van der Waals surface area contributed by atoms with Gasteiger partial charge in [-0.05, 0) is 49.5 Å². The highest BCUT2D eigenvalue weighted by molar-refractivity contribution is 7.12. The first-order valence-corrected chi connectivity index (χ1v) is 6.99. The zero-order valence-corrected chi connectivity index (χ0v) is 10.7. The van der Waals surface area contributed by atoms with Crippen LogP contribution in [0.5, 0.6) is 0 Å². The lowest BCUT2D eigenvalue weighted by molar-refractivity contribution is 0.295. The summed E-state index contributed by atoms with van der Waals surface area (Å²) in [7, 11) is 0. The maximum Gasteiger partial charge on any atom is 0.0648 e. The second-order valence-corrected chi connectivity index (χ2v) is 5.98. The molecule has 1 N–H and O–H groups in total. The van der Waals surface area contributed by atoms with Gasteiger partial charge in [-0.1, -0.05) is 19.3 Å². The van der Waals surface area contributed by atoms with Crippen molar-refractivity contribution in [2.24, 2.45) is 5.92 Å². The van der Waals surface area contributed by atoms with E-state index in [2.05, 4.69) is 25.1 Å². The number of aryl methyl sites for hydroxylation is 1. The lowest BCUT2D eigenvalue weighted by Gasteiger charge is -2.23. The van der Waals surface area contributed by atoms with Crippen LogP contribution in [0.3, 0.4) is 0 Å². The molecule has 0 aliphatic heterocycles. The second kappa shape index (κ2) is 5.65. The van der Waals surface area contributed by atoms with Gasteiger partial charge in [-0.15, -0.1) is 11.3 Å². The molecule has 0 aromatic carbocycles. The largest absolute Gasteiger partial charge is 0.392 e. The summed E-state index contributed by atoms with van der Waals surface area (Å²) in [5.74, 6) is 0.626. The molecule has 2 heteroatoms. The fourth-order valence-corrected chi connectivity index (χ4v) is 3.33. The number of aliphatic hydroxyl groups is 1. The predicted molar refractivity (Wildman–Crippen MR) is 70.7 cm³/mol. The van der Waals surface area contributed by atoms with E-state index >= 15 is 0 Å². The molecular weight excluding hydrogens is 216 g/mol. The molecule has 1 saturated carbocycles. The van der Waals surface area contributed by atoms with Gasteiger partial charge in [0.15, 0.2) is 0 Å². The van der Waals surface area contributed by atoms with E-state index in [1.165, 1.54) is 47.4 Å². The molecule has 0 bridgehead atoms. The second-order valence-electron chi connectivity index (χ2n) is 4.66. The normalized spacial score (nSPS) is 19.0. The Hall–Kier alpha value is -0.600. The molecule has 1 aliphatic carbocycles. The van der Waals surface area contributed by atoms with E-state index in [9.17, 15) is 5.11 Å². The van der Waals surface area contributed by atoms with Gasteiger partial charge in [-0.3, -0.25) is 0 Å². The average Bonchev–Trinajstić information content (AvgIpc) is 2.73. The molecule has 1 aromatic heterocycles. The van der Waals surface area contributed by atoms with Gasteiger partial charge in [0.1, 0.15) is 0 Å². The fraction of sp³-hybridized carbons (Fsp3) is 0.571. The first-order valence-electron chi connectivity index (χ1n) is 6.17. The van der Waals surface area contributed by atoms with E-state index in [4.69, 9.17) is 0 Å². The molecule has 1 aromatic rings. The maximum absolute atomic E-state index is 9.48. The van der Waals surface area contributed by atoms with Crippen molar-refractivity contribution in [1.29, 1.82) is 0 Å². The van der Waals surface area contributed by atoms with Crippen LogP contribution in [0.25, 0.3) is 6.08 Å². The van der Waals surface area contributed by atoms with Gasteiger partial charge < -0.3 is 5.11 Å². The van der Waals surface area contributed by atoms with Gasteiger partial charge in [0.05, 0.1) is 6.61 Å². The highest BCUT2D eigenvalue weighted by Gasteiger charge is 2.17. The van der Waals surface area contributed by atoms with Crippen LogP contribution in [-0.2, 0) is 0 Å². The molecule has 1 heterocycles. The molecule has 16 heavy (non-hydrogen) atoms. The molecule has 0 atom stereocenters. The minimum atomic E-state index is 0.224. The van der Waals surface area contributed by atoms with Crippen molar-refractivity contribution in [3.63, 3.8) is 0 Å². The Morgan fingerprint density at radius 2 is 2.12 bits per heavy atom. The molecule has 0 radical (unpaired) electrons. The highest BCUT2D eigenvalue weighted by atomic mass is 32.1. The Morgan fingerprint density at radius 3 is 2.69 bits per heavy atom. The van der Waals surface area contributed by atoms with E-state index in [-0.39, 0.29) is 6.61 Å². The van der Waals surface area contributed by atoms with Crippen LogP contribution in [0.1, 0.15) is 41.9 Å². The zero-order valence-electron chi connectivity index (χ0n) is 9.91. The number of hydrogen-bond donors (Lipinski definition) is 1. The molecule has 0 saturated heterocycles. The summed E-state index contributed by atoms with van der Waals surface area (Å²) in [6, 6.07) is 4.30. The molecular formula is C14H20OS. The molecule has 88 valence electrons. The molecule has 1 fully saturated rings. The van der Waals surface area contributed by atoms with Crippen molar-refractivity contribution >= 4 is 17.4 Å². The van der Waals surface area contributed by atoms with Gasteiger partial charge in [0, 0.05) is 9.75 Å². The predicted octanol–water partition coefficient (Wildman–Crippen LogP) is 4.01. The summed E-state index contributed by atoms with van der Waals surface area (Å²) < 4.78 is 0. The fourth-order valence-electron chi connectivity index (χ4n) is 2.48. The van der Waals surface area contributed by atoms with E-state index in [0.717, 1.165) is 0 Å². The topological polar surface area (TPSA) is 20.2 Å². The summed E-state index contributed by atoms with van der Waals surface area (Å²) in [4.78, 5) is 2.62. The maximum atomic E-state index is 9.48. The lowest BCUT2D eigenvalue weighted by atomic mass is 9.84. The number of rotatable bonds is 3. The van der Waals surface area contributed by atoms with Crippen molar-refractivity contribution in [1.82, 2.24) is 0 Å². The van der Waals surface area contributed by atoms with Crippen molar-refractivity contribution in [3.8, 4) is 0 Å². The molecule has 0 spiro atoms. The average molecular weight is 236 g/mol. The van der Waals surface area contributed by atoms with Crippen LogP contribution in [-0.4, -0.2) is 11.7 Å². The minimum Gasteiger partial charge on any atom is -0.392 e. The summed E-state index contributed by atoms with van der Waals surface area (Å²) >= 11 is 1.81. The summed E-state index contributed by atoms with van der Waals surface area (Å²) in [6.45, 7) is 2.35. The van der Waals surface area contributed by atoms with E-state index in [0.29, 0.717) is 5.92 Å². The third kappa shape index (κ3) is 2.96. The third-order valence-corrected chi connectivity index (χ3v) is 4.35. The Labute approximate surface area is 102 Å². The Kier molecular flexibility index (Phi) is 4.19. The van der Waals surface area contributed by atoms with E-state index < -0.39 is 0 Å². The Balaban J connectivity index is 2.11. The minimum absolute atomic E-state index is 0.224. The first kappa shape index (κ1) is 11.9. The number of hydrogen-bond acceptors (Lipinski definition) is 2. The first-order chi connectivity index (χ1) is 7.79. The van der Waals surface area contributed by atoms with Crippen LogP contribution in [0.4, 0.5) is 0 Å². The van der Waals surface area contributed by atoms with Crippen molar-refractivity contribution in [3.05, 3.63) is 27.5 Å². The quantitative estimate of drug-likeness (QED) is 0.840. The van der Waals surface area contributed by atoms with Crippen molar-refractivity contribution < 1.29 is 5.11 Å². The van der Waals surface area contributed by atoms with Crippen molar-refractivity contribution in [2.75, 3.05) is 6.61 Å². The van der Waals surface area contributed by atoms with E-state index in [1.807, 2.05) is 11.3 Å². The van der Waals surface area contributed by atoms with Gasteiger partial charge in [-0.25, -0.2) is 0 Å². The van der Waals surface area contributed by atoms with Crippen molar-refractivity contribution in [2.45, 2.75) is 39.0 Å². The molecule has 1 nitrogen and oxygen atoms in total. The van der Waals surface area contributed by atoms with Crippen LogP contribution in [0.15, 0.2) is 17.7 Å².